The Balaban J connectivity index is 2.08. The van der Waals surface area contributed by atoms with Gasteiger partial charge < -0.3 is 10.0 Å². The van der Waals surface area contributed by atoms with Gasteiger partial charge in [-0.2, -0.15) is 0 Å². The van der Waals surface area contributed by atoms with Crippen LogP contribution in [0.15, 0.2) is 12.1 Å². The minimum Gasteiger partial charge on any atom is -0.481 e. The molecule has 114 valence electrons. The van der Waals surface area contributed by atoms with Crippen molar-refractivity contribution in [3.05, 3.63) is 28.5 Å². The van der Waals surface area contributed by atoms with Crippen LogP contribution in [0.2, 0.25) is 5.15 Å². The number of carboxylic acid groups (broad SMARTS) is 1. The van der Waals surface area contributed by atoms with Crippen molar-refractivity contribution in [1.29, 1.82) is 0 Å². The normalized spacial score (nSPS) is 18.0. The van der Waals surface area contributed by atoms with Crippen molar-refractivity contribution in [2.24, 2.45) is 5.92 Å². The quantitative estimate of drug-likeness (QED) is 0.849. The van der Waals surface area contributed by atoms with E-state index in [1.165, 1.54) is 0 Å². The van der Waals surface area contributed by atoms with Crippen molar-refractivity contribution >= 4 is 23.5 Å². The smallest absolute Gasteiger partial charge is 0.303 e. The van der Waals surface area contributed by atoms with Gasteiger partial charge in [0.2, 0.25) is 0 Å². The zero-order valence-corrected chi connectivity index (χ0v) is 12.8. The predicted molar refractivity (Wildman–Crippen MR) is 79.5 cm³/mol. The lowest BCUT2D eigenvalue weighted by Gasteiger charge is -2.17. The lowest BCUT2D eigenvalue weighted by molar-refractivity contribution is -0.138. The van der Waals surface area contributed by atoms with Gasteiger partial charge in [-0.25, -0.2) is 4.98 Å². The number of carbonyl (C=O) groups excluding carboxylic acids is 1. The van der Waals surface area contributed by atoms with Crippen LogP contribution in [0.5, 0.6) is 0 Å². The SMILES string of the molecule is CCCc1cc(C(=O)N2CCC(CC(=O)O)C2)cc(Cl)n1. The standard InChI is InChI=1S/C15H19ClN2O3/c1-2-3-12-7-11(8-13(16)17-12)15(21)18-5-4-10(9-18)6-14(19)20/h7-8,10H,2-6,9H2,1H3,(H,19,20). The number of rotatable bonds is 5. The van der Waals surface area contributed by atoms with E-state index in [2.05, 4.69) is 4.98 Å². The van der Waals surface area contributed by atoms with Crippen LogP contribution in [-0.2, 0) is 11.2 Å². The van der Waals surface area contributed by atoms with E-state index in [0.717, 1.165) is 25.0 Å². The summed E-state index contributed by atoms with van der Waals surface area (Å²) in [4.78, 5) is 29.1. The molecule has 1 aliphatic heterocycles. The molecule has 2 rings (SSSR count). The van der Waals surface area contributed by atoms with E-state index in [9.17, 15) is 9.59 Å². The minimum atomic E-state index is -0.813. The number of hydrogen-bond donors (Lipinski definition) is 1. The number of pyridine rings is 1. The average molecular weight is 311 g/mol. The Bertz CT molecular complexity index is 548. The third-order valence-corrected chi connectivity index (χ3v) is 3.83. The number of carbonyl (C=O) groups is 2. The topological polar surface area (TPSA) is 70.5 Å². The summed E-state index contributed by atoms with van der Waals surface area (Å²) < 4.78 is 0. The van der Waals surface area contributed by atoms with Crippen molar-refractivity contribution in [2.45, 2.75) is 32.6 Å². The Labute approximate surface area is 128 Å². The highest BCUT2D eigenvalue weighted by Crippen LogP contribution is 2.22. The molecule has 6 heteroatoms. The molecule has 0 saturated carbocycles. The molecule has 1 amide bonds. The third kappa shape index (κ3) is 4.17. The Hall–Kier alpha value is -1.62. The fourth-order valence-corrected chi connectivity index (χ4v) is 2.90. The van der Waals surface area contributed by atoms with Gasteiger partial charge in [-0.1, -0.05) is 24.9 Å². The second-order valence-corrected chi connectivity index (χ2v) is 5.81. The molecule has 1 N–H and O–H groups in total. The first-order valence-corrected chi connectivity index (χ1v) is 7.55. The summed E-state index contributed by atoms with van der Waals surface area (Å²) in [6.07, 6.45) is 2.56. The van der Waals surface area contributed by atoms with E-state index in [0.29, 0.717) is 23.8 Å². The lowest BCUT2D eigenvalue weighted by Crippen LogP contribution is -2.29. The first kappa shape index (κ1) is 15.8. The van der Waals surface area contributed by atoms with Gasteiger partial charge in [0, 0.05) is 30.8 Å². The molecule has 1 aromatic rings. The summed E-state index contributed by atoms with van der Waals surface area (Å²) in [6, 6.07) is 3.36. The van der Waals surface area contributed by atoms with Gasteiger partial charge in [-0.3, -0.25) is 9.59 Å². The molecule has 1 aliphatic rings. The number of carboxylic acids is 1. The zero-order valence-electron chi connectivity index (χ0n) is 12.0. The van der Waals surface area contributed by atoms with Crippen LogP contribution >= 0.6 is 11.6 Å². The second kappa shape index (κ2) is 6.89. The molecule has 0 bridgehead atoms. The van der Waals surface area contributed by atoms with E-state index >= 15 is 0 Å². The molecule has 1 saturated heterocycles. The highest BCUT2D eigenvalue weighted by Gasteiger charge is 2.28. The van der Waals surface area contributed by atoms with Crippen molar-refractivity contribution in [2.75, 3.05) is 13.1 Å². The fraction of sp³-hybridized carbons (Fsp3) is 0.533. The van der Waals surface area contributed by atoms with Crippen LogP contribution in [0.4, 0.5) is 0 Å². The van der Waals surface area contributed by atoms with E-state index in [4.69, 9.17) is 16.7 Å². The van der Waals surface area contributed by atoms with E-state index in [1.54, 1.807) is 17.0 Å². The second-order valence-electron chi connectivity index (χ2n) is 5.42. The Morgan fingerprint density at radius 2 is 2.24 bits per heavy atom. The summed E-state index contributed by atoms with van der Waals surface area (Å²) in [5, 5.41) is 9.14. The maximum absolute atomic E-state index is 12.5. The summed E-state index contributed by atoms with van der Waals surface area (Å²) in [5.41, 5.74) is 1.35. The molecule has 0 radical (unpaired) electrons. The molecule has 1 aromatic heterocycles. The predicted octanol–water partition coefficient (Wildman–Crippen LogP) is 2.62. The number of aryl methyl sites for hydroxylation is 1. The summed E-state index contributed by atoms with van der Waals surface area (Å²) >= 11 is 5.97. The lowest BCUT2D eigenvalue weighted by atomic mass is 10.1. The van der Waals surface area contributed by atoms with Gasteiger partial charge in [0.25, 0.3) is 5.91 Å². The van der Waals surface area contributed by atoms with Crippen molar-refractivity contribution in [3.63, 3.8) is 0 Å². The molecule has 5 nitrogen and oxygen atoms in total. The number of halogens is 1. The number of likely N-dealkylation sites (tertiary alicyclic amines) is 1. The maximum atomic E-state index is 12.5. The van der Waals surface area contributed by atoms with Gasteiger partial charge in [-0.05, 0) is 30.9 Å². The van der Waals surface area contributed by atoms with Crippen LogP contribution in [0.1, 0.15) is 42.2 Å². The van der Waals surface area contributed by atoms with E-state index in [1.807, 2.05) is 6.92 Å². The largest absolute Gasteiger partial charge is 0.481 e. The number of hydrogen-bond acceptors (Lipinski definition) is 3. The summed E-state index contributed by atoms with van der Waals surface area (Å²) in [6.45, 7) is 3.13. The number of aliphatic carboxylic acids is 1. The Morgan fingerprint density at radius 1 is 1.48 bits per heavy atom. The first-order valence-electron chi connectivity index (χ1n) is 7.17. The van der Waals surface area contributed by atoms with Gasteiger partial charge >= 0.3 is 5.97 Å². The van der Waals surface area contributed by atoms with Gasteiger partial charge in [0.1, 0.15) is 5.15 Å². The number of aromatic nitrogens is 1. The fourth-order valence-electron chi connectivity index (χ4n) is 2.67. The van der Waals surface area contributed by atoms with Crippen molar-refractivity contribution in [1.82, 2.24) is 9.88 Å². The van der Waals surface area contributed by atoms with E-state index < -0.39 is 5.97 Å². The highest BCUT2D eigenvalue weighted by molar-refractivity contribution is 6.29. The van der Waals surface area contributed by atoms with Crippen LogP contribution in [0.25, 0.3) is 0 Å². The van der Waals surface area contributed by atoms with Crippen molar-refractivity contribution < 1.29 is 14.7 Å². The minimum absolute atomic E-state index is 0.0406. The number of nitrogens with zero attached hydrogens (tertiary/aromatic N) is 2. The summed E-state index contributed by atoms with van der Waals surface area (Å²) in [5.74, 6) is -0.866. The average Bonchev–Trinajstić information content (AvgIpc) is 2.85. The Kier molecular flexibility index (Phi) is 5.17. The van der Waals surface area contributed by atoms with Gasteiger partial charge in [0.15, 0.2) is 0 Å². The number of amides is 1. The molecule has 2 heterocycles. The molecule has 1 fully saturated rings. The maximum Gasteiger partial charge on any atom is 0.303 e. The first-order chi connectivity index (χ1) is 9.99. The van der Waals surface area contributed by atoms with Gasteiger partial charge in [-0.15, -0.1) is 0 Å². The molecule has 1 atom stereocenters. The molecule has 0 aromatic carbocycles. The van der Waals surface area contributed by atoms with Crippen molar-refractivity contribution in [3.8, 4) is 0 Å². The van der Waals surface area contributed by atoms with Gasteiger partial charge in [0.05, 0.1) is 0 Å². The summed E-state index contributed by atoms with van der Waals surface area (Å²) in [7, 11) is 0. The highest BCUT2D eigenvalue weighted by atomic mass is 35.5. The molecule has 0 aliphatic carbocycles. The Morgan fingerprint density at radius 3 is 2.90 bits per heavy atom. The molecule has 1 unspecified atom stereocenters. The molecular formula is C15H19ClN2O3. The molecule has 21 heavy (non-hydrogen) atoms. The zero-order chi connectivity index (χ0) is 15.4. The van der Waals surface area contributed by atoms with Crippen LogP contribution in [-0.4, -0.2) is 40.0 Å². The van der Waals surface area contributed by atoms with Crippen LogP contribution in [0.3, 0.4) is 0 Å². The molecule has 0 spiro atoms. The monoisotopic (exact) mass is 310 g/mol. The van der Waals surface area contributed by atoms with Crippen LogP contribution in [0, 0.1) is 5.92 Å². The third-order valence-electron chi connectivity index (χ3n) is 3.64. The molecular weight excluding hydrogens is 292 g/mol. The van der Waals surface area contributed by atoms with E-state index in [-0.39, 0.29) is 18.2 Å². The van der Waals surface area contributed by atoms with Crippen LogP contribution < -0.4 is 0 Å².